The molecule has 0 aliphatic rings. The van der Waals surface area contributed by atoms with Crippen molar-refractivity contribution in [2.24, 2.45) is 5.18 Å². The minimum Gasteiger partial charge on any atom is -0.507 e. The molecule has 0 atom stereocenters. The number of hydrogen-bond donors (Lipinski definition) is 1. The van der Waals surface area contributed by atoms with Gasteiger partial charge >= 0.3 is 0 Å². The largest absolute Gasteiger partial charge is 0.507 e. The molecule has 13 heavy (non-hydrogen) atoms. The maximum atomic E-state index is 10.2. The summed E-state index contributed by atoms with van der Waals surface area (Å²) in [5.74, 6) is 0.0905. The molecule has 0 aromatic heterocycles. The van der Waals surface area contributed by atoms with Crippen LogP contribution in [0.15, 0.2) is 41.6 Å². The van der Waals surface area contributed by atoms with E-state index < -0.39 is 0 Å². The Morgan fingerprint density at radius 1 is 1.15 bits per heavy atom. The number of phenolic OH excluding ortho intramolecular Hbond substituents is 1. The Morgan fingerprint density at radius 2 is 1.92 bits per heavy atom. The first-order valence-corrected chi connectivity index (χ1v) is 3.86. The third kappa shape index (κ3) is 1.24. The lowest BCUT2D eigenvalue weighted by Gasteiger charge is -2.00. The van der Waals surface area contributed by atoms with Gasteiger partial charge in [0.2, 0.25) is 0 Å². The molecule has 0 bridgehead atoms. The van der Waals surface area contributed by atoms with Gasteiger partial charge in [-0.3, -0.25) is 0 Å². The van der Waals surface area contributed by atoms with Gasteiger partial charge < -0.3 is 5.11 Å². The average Bonchev–Trinajstić information content (AvgIpc) is 2.18. The van der Waals surface area contributed by atoms with E-state index in [2.05, 4.69) is 5.18 Å². The predicted octanol–water partition coefficient (Wildman–Crippen LogP) is 2.94. The lowest BCUT2D eigenvalue weighted by atomic mass is 10.1. The Kier molecular flexibility index (Phi) is 1.70. The van der Waals surface area contributed by atoms with Gasteiger partial charge in [-0.15, -0.1) is 4.91 Å². The van der Waals surface area contributed by atoms with Crippen molar-refractivity contribution in [3.05, 3.63) is 41.3 Å². The molecule has 2 aromatic rings. The van der Waals surface area contributed by atoms with Gasteiger partial charge in [-0.05, 0) is 16.6 Å². The number of nitroso groups, excluding NO2 is 1. The summed E-state index contributed by atoms with van der Waals surface area (Å²) in [6, 6.07) is 10.3. The molecule has 64 valence electrons. The zero-order valence-corrected chi connectivity index (χ0v) is 6.77. The first kappa shape index (κ1) is 7.73. The van der Waals surface area contributed by atoms with Crippen LogP contribution < -0.4 is 0 Å². The summed E-state index contributed by atoms with van der Waals surface area (Å²) in [6.07, 6.45) is 0. The molecule has 0 heterocycles. The molecule has 3 nitrogen and oxygen atoms in total. The quantitative estimate of drug-likeness (QED) is 0.674. The highest BCUT2D eigenvalue weighted by atomic mass is 16.3. The second-order valence-corrected chi connectivity index (χ2v) is 2.78. The topological polar surface area (TPSA) is 49.7 Å². The lowest BCUT2D eigenvalue weighted by molar-refractivity contribution is 0.482. The van der Waals surface area contributed by atoms with Crippen molar-refractivity contribution in [3.8, 4) is 5.75 Å². The highest BCUT2D eigenvalue weighted by molar-refractivity contribution is 5.90. The van der Waals surface area contributed by atoms with Crippen LogP contribution in [0.25, 0.3) is 10.8 Å². The second-order valence-electron chi connectivity index (χ2n) is 2.78. The van der Waals surface area contributed by atoms with Gasteiger partial charge in [-0.2, -0.15) is 0 Å². The highest BCUT2D eigenvalue weighted by Gasteiger charge is 2.01. The third-order valence-corrected chi connectivity index (χ3v) is 1.93. The van der Waals surface area contributed by atoms with Crippen molar-refractivity contribution in [2.75, 3.05) is 0 Å². The van der Waals surface area contributed by atoms with E-state index in [-0.39, 0.29) is 11.4 Å². The summed E-state index contributed by atoms with van der Waals surface area (Å²) in [5, 5.41) is 13.8. The summed E-state index contributed by atoms with van der Waals surface area (Å²) < 4.78 is 0. The van der Waals surface area contributed by atoms with Crippen molar-refractivity contribution in [2.45, 2.75) is 0 Å². The van der Waals surface area contributed by atoms with Crippen LogP contribution in [-0.2, 0) is 0 Å². The first-order valence-electron chi connectivity index (χ1n) is 3.86. The Balaban J connectivity index is 2.84. The average molecular weight is 173 g/mol. The number of fused-ring (bicyclic) bond motifs is 1. The van der Waals surface area contributed by atoms with Gasteiger partial charge in [0.15, 0.2) is 0 Å². The molecule has 2 rings (SSSR count). The fourth-order valence-corrected chi connectivity index (χ4v) is 1.33. The number of benzene rings is 2. The molecule has 0 aliphatic heterocycles. The van der Waals surface area contributed by atoms with Crippen LogP contribution in [-0.4, -0.2) is 5.11 Å². The van der Waals surface area contributed by atoms with Gasteiger partial charge in [0.25, 0.3) is 0 Å². The van der Waals surface area contributed by atoms with E-state index in [1.165, 1.54) is 6.07 Å². The predicted molar refractivity (Wildman–Crippen MR) is 51.1 cm³/mol. The van der Waals surface area contributed by atoms with Gasteiger partial charge in [-0.1, -0.05) is 24.3 Å². The molecular formula is C10H7NO2. The summed E-state index contributed by atoms with van der Waals surface area (Å²) in [7, 11) is 0. The van der Waals surface area contributed by atoms with Crippen molar-refractivity contribution < 1.29 is 5.11 Å². The lowest BCUT2D eigenvalue weighted by Crippen LogP contribution is -1.73. The van der Waals surface area contributed by atoms with Crippen LogP contribution >= 0.6 is 0 Å². The maximum absolute atomic E-state index is 10.2. The zero-order valence-electron chi connectivity index (χ0n) is 6.77. The van der Waals surface area contributed by atoms with E-state index in [0.29, 0.717) is 0 Å². The zero-order chi connectivity index (χ0) is 9.26. The fraction of sp³-hybridized carbons (Fsp3) is 0. The van der Waals surface area contributed by atoms with Crippen molar-refractivity contribution >= 4 is 16.5 Å². The molecule has 2 aromatic carbocycles. The molecule has 0 spiro atoms. The Morgan fingerprint density at radius 3 is 2.69 bits per heavy atom. The molecule has 0 saturated carbocycles. The molecule has 0 radical (unpaired) electrons. The van der Waals surface area contributed by atoms with E-state index in [9.17, 15) is 10.0 Å². The maximum Gasteiger partial charge on any atom is 0.125 e. The molecule has 0 saturated heterocycles. The van der Waals surface area contributed by atoms with Crippen LogP contribution in [0.3, 0.4) is 0 Å². The van der Waals surface area contributed by atoms with E-state index in [0.717, 1.165) is 10.8 Å². The van der Waals surface area contributed by atoms with Crippen LogP contribution in [0, 0.1) is 4.91 Å². The number of hydrogen-bond acceptors (Lipinski definition) is 3. The van der Waals surface area contributed by atoms with E-state index in [4.69, 9.17) is 0 Å². The fourth-order valence-electron chi connectivity index (χ4n) is 1.33. The van der Waals surface area contributed by atoms with Crippen LogP contribution in [0.2, 0.25) is 0 Å². The standard InChI is InChI=1S/C10H7NO2/c12-10-6-8(11-13)5-7-3-1-2-4-9(7)10/h1-6,12H. The second kappa shape index (κ2) is 2.86. The van der Waals surface area contributed by atoms with E-state index in [1.807, 2.05) is 18.2 Å². The van der Waals surface area contributed by atoms with Crippen molar-refractivity contribution in [1.82, 2.24) is 0 Å². The Hall–Kier alpha value is -1.90. The SMILES string of the molecule is O=Nc1cc(O)c2ccccc2c1. The summed E-state index contributed by atoms with van der Waals surface area (Å²) >= 11 is 0. The summed E-state index contributed by atoms with van der Waals surface area (Å²) in [4.78, 5) is 10.2. The summed E-state index contributed by atoms with van der Waals surface area (Å²) in [6.45, 7) is 0. The first-order chi connectivity index (χ1) is 6.31. The Bertz CT molecular complexity index is 465. The monoisotopic (exact) mass is 173 g/mol. The van der Waals surface area contributed by atoms with Gasteiger partial charge in [0.05, 0.1) is 0 Å². The number of phenols is 1. The Labute approximate surface area is 74.6 Å². The number of rotatable bonds is 1. The smallest absolute Gasteiger partial charge is 0.125 e. The minimum atomic E-state index is 0.0905. The van der Waals surface area contributed by atoms with Crippen molar-refractivity contribution in [1.29, 1.82) is 0 Å². The van der Waals surface area contributed by atoms with Crippen molar-refractivity contribution in [3.63, 3.8) is 0 Å². The number of nitrogens with zero attached hydrogens (tertiary/aromatic N) is 1. The normalized spacial score (nSPS) is 10.2. The van der Waals surface area contributed by atoms with E-state index >= 15 is 0 Å². The third-order valence-electron chi connectivity index (χ3n) is 1.93. The van der Waals surface area contributed by atoms with Crippen LogP contribution in [0.1, 0.15) is 0 Å². The molecule has 0 unspecified atom stereocenters. The molecular weight excluding hydrogens is 166 g/mol. The van der Waals surface area contributed by atoms with Gasteiger partial charge in [0.1, 0.15) is 11.4 Å². The highest BCUT2D eigenvalue weighted by Crippen LogP contribution is 2.29. The van der Waals surface area contributed by atoms with E-state index in [1.54, 1.807) is 12.1 Å². The van der Waals surface area contributed by atoms with Crippen LogP contribution in [0.5, 0.6) is 5.75 Å². The van der Waals surface area contributed by atoms with Gasteiger partial charge in [0, 0.05) is 11.5 Å². The molecule has 0 fully saturated rings. The molecule has 0 aliphatic carbocycles. The summed E-state index contributed by atoms with van der Waals surface area (Å²) in [5.41, 5.74) is 0.246. The van der Waals surface area contributed by atoms with Gasteiger partial charge in [-0.25, -0.2) is 0 Å². The van der Waals surface area contributed by atoms with Crippen LogP contribution in [0.4, 0.5) is 5.69 Å². The molecule has 1 N–H and O–H groups in total. The molecule has 3 heteroatoms. The minimum absolute atomic E-state index is 0.0905. The molecule has 0 amide bonds. The number of aromatic hydroxyl groups is 1.